The molecule has 0 aliphatic rings. The van der Waals surface area contributed by atoms with E-state index in [9.17, 15) is 9.18 Å². The first-order valence-electron chi connectivity index (χ1n) is 7.62. The number of methoxy groups -OCH3 is 1. The summed E-state index contributed by atoms with van der Waals surface area (Å²) in [4.78, 5) is 20.9. The third-order valence-corrected chi connectivity index (χ3v) is 3.42. The molecule has 6 nitrogen and oxygen atoms in total. The van der Waals surface area contributed by atoms with Gasteiger partial charge in [-0.3, -0.25) is 9.78 Å². The van der Waals surface area contributed by atoms with Crippen molar-refractivity contribution in [3.05, 3.63) is 60.2 Å². The predicted molar refractivity (Wildman–Crippen MR) is 91.3 cm³/mol. The third-order valence-electron chi connectivity index (χ3n) is 3.42. The van der Waals surface area contributed by atoms with Crippen LogP contribution < -0.4 is 10.1 Å². The van der Waals surface area contributed by atoms with Crippen LogP contribution in [0.25, 0.3) is 11.0 Å². The molecule has 0 unspecified atom stereocenters. The van der Waals surface area contributed by atoms with E-state index in [0.717, 1.165) is 0 Å². The number of halogens is 1. The Bertz CT molecular complexity index is 902. The Hall–Kier alpha value is -3.06. The van der Waals surface area contributed by atoms with Gasteiger partial charge in [-0.25, -0.2) is 9.37 Å². The smallest absolute Gasteiger partial charge is 0.275 e. The number of hydrogen-bond donors (Lipinski definition) is 1. The molecule has 0 fully saturated rings. The molecule has 1 amide bonds. The fourth-order valence-electron chi connectivity index (χ4n) is 2.21. The van der Waals surface area contributed by atoms with Crippen LogP contribution in [0, 0.1) is 5.82 Å². The largest absolute Gasteiger partial charge is 0.489 e. The Balaban J connectivity index is 1.82. The predicted octanol–water partition coefficient (Wildman–Crippen LogP) is 3.05. The van der Waals surface area contributed by atoms with Crippen LogP contribution in [0.1, 0.15) is 10.5 Å². The van der Waals surface area contributed by atoms with Gasteiger partial charge < -0.3 is 14.8 Å². The number of aromatic nitrogens is 2. The van der Waals surface area contributed by atoms with Crippen LogP contribution in [0.15, 0.2) is 48.7 Å². The zero-order chi connectivity index (χ0) is 17.6. The molecular weight excluding hydrogens is 325 g/mol. The summed E-state index contributed by atoms with van der Waals surface area (Å²) < 4.78 is 23.9. The van der Waals surface area contributed by atoms with E-state index in [2.05, 4.69) is 15.3 Å². The molecule has 3 aromatic rings. The monoisotopic (exact) mass is 341 g/mol. The minimum absolute atomic E-state index is 0.130. The Morgan fingerprint density at radius 3 is 2.76 bits per heavy atom. The van der Waals surface area contributed by atoms with Crippen LogP contribution in [0.2, 0.25) is 0 Å². The van der Waals surface area contributed by atoms with Crippen LogP contribution >= 0.6 is 0 Å². The second-order valence-electron chi connectivity index (χ2n) is 5.18. The zero-order valence-corrected chi connectivity index (χ0v) is 13.5. The summed E-state index contributed by atoms with van der Waals surface area (Å²) in [6, 6.07) is 11.1. The van der Waals surface area contributed by atoms with Crippen molar-refractivity contribution in [2.45, 2.75) is 0 Å². The molecule has 3 rings (SSSR count). The number of carbonyl (C=O) groups excluding carboxylic acids is 1. The van der Waals surface area contributed by atoms with Crippen molar-refractivity contribution in [1.82, 2.24) is 9.97 Å². The molecule has 0 saturated heterocycles. The summed E-state index contributed by atoms with van der Waals surface area (Å²) in [5, 5.41) is 2.61. The van der Waals surface area contributed by atoms with Crippen molar-refractivity contribution in [1.29, 1.82) is 0 Å². The number of ether oxygens (including phenoxy) is 2. The normalized spacial score (nSPS) is 10.6. The highest BCUT2D eigenvalue weighted by Crippen LogP contribution is 2.26. The number of amides is 1. The number of anilines is 1. The molecule has 2 aromatic carbocycles. The van der Waals surface area contributed by atoms with Gasteiger partial charge >= 0.3 is 0 Å². The van der Waals surface area contributed by atoms with Gasteiger partial charge in [0.05, 0.1) is 29.5 Å². The van der Waals surface area contributed by atoms with E-state index >= 15 is 0 Å². The first-order chi connectivity index (χ1) is 12.2. The van der Waals surface area contributed by atoms with E-state index in [4.69, 9.17) is 9.47 Å². The average Bonchev–Trinajstić information content (AvgIpc) is 2.63. The molecular formula is C18H16FN3O3. The molecule has 0 saturated carbocycles. The number of carbonyl (C=O) groups is 1. The molecule has 0 bridgehead atoms. The molecule has 0 radical (unpaired) electrons. The topological polar surface area (TPSA) is 73.3 Å². The molecule has 25 heavy (non-hydrogen) atoms. The maximum atomic E-state index is 13.5. The molecule has 0 spiro atoms. The summed E-state index contributed by atoms with van der Waals surface area (Å²) in [6.45, 7) is 0.654. The standard InChI is InChI=1S/C18H16FN3O3/c1-24-8-9-25-17-7-6-12(19)10-15(17)22-18(23)16-11-20-13-4-2-3-5-14(13)21-16/h2-7,10-11H,8-9H2,1H3,(H,22,23). The first kappa shape index (κ1) is 16.8. The number of nitrogens with one attached hydrogen (secondary N) is 1. The molecule has 128 valence electrons. The summed E-state index contributed by atoms with van der Waals surface area (Å²) >= 11 is 0. The Kier molecular flexibility index (Phi) is 5.15. The van der Waals surface area contributed by atoms with Gasteiger partial charge in [0.25, 0.3) is 5.91 Å². The van der Waals surface area contributed by atoms with Crippen molar-refractivity contribution in [2.75, 3.05) is 25.6 Å². The fraction of sp³-hybridized carbons (Fsp3) is 0.167. The highest BCUT2D eigenvalue weighted by molar-refractivity contribution is 6.04. The molecule has 7 heteroatoms. The second kappa shape index (κ2) is 7.67. The summed E-state index contributed by atoms with van der Waals surface area (Å²) in [5.41, 5.74) is 1.64. The SMILES string of the molecule is COCCOc1ccc(F)cc1NC(=O)c1cnc2ccccc2n1. The van der Waals surface area contributed by atoms with Crippen molar-refractivity contribution in [2.24, 2.45) is 0 Å². The summed E-state index contributed by atoms with van der Waals surface area (Å²) in [6.07, 6.45) is 1.38. The maximum Gasteiger partial charge on any atom is 0.275 e. The van der Waals surface area contributed by atoms with Crippen molar-refractivity contribution in [3.8, 4) is 5.75 Å². The maximum absolute atomic E-state index is 13.5. The van der Waals surface area contributed by atoms with Crippen LogP contribution in [0.4, 0.5) is 10.1 Å². The highest BCUT2D eigenvalue weighted by Gasteiger charge is 2.13. The number of nitrogens with zero attached hydrogens (tertiary/aromatic N) is 2. The lowest BCUT2D eigenvalue weighted by Gasteiger charge is -2.12. The average molecular weight is 341 g/mol. The Labute approximate surface area is 143 Å². The van der Waals surface area contributed by atoms with E-state index in [1.807, 2.05) is 12.1 Å². The van der Waals surface area contributed by atoms with Gasteiger partial charge in [0.2, 0.25) is 0 Å². The van der Waals surface area contributed by atoms with E-state index in [1.165, 1.54) is 24.4 Å². The fourth-order valence-corrected chi connectivity index (χ4v) is 2.21. The van der Waals surface area contributed by atoms with Gasteiger partial charge in [0.1, 0.15) is 23.9 Å². The van der Waals surface area contributed by atoms with Crippen LogP contribution in [0.3, 0.4) is 0 Å². The van der Waals surface area contributed by atoms with Crippen LogP contribution in [-0.2, 0) is 4.74 Å². The van der Waals surface area contributed by atoms with Gasteiger partial charge in [-0.1, -0.05) is 12.1 Å². The quantitative estimate of drug-likeness (QED) is 0.698. The van der Waals surface area contributed by atoms with Crippen molar-refractivity contribution < 1.29 is 18.7 Å². The lowest BCUT2D eigenvalue weighted by Crippen LogP contribution is -2.16. The zero-order valence-electron chi connectivity index (χ0n) is 13.5. The van der Waals surface area contributed by atoms with Crippen LogP contribution in [0.5, 0.6) is 5.75 Å². The number of rotatable bonds is 6. The number of hydrogen-bond acceptors (Lipinski definition) is 5. The van der Waals surface area contributed by atoms with Gasteiger partial charge in [-0.2, -0.15) is 0 Å². The highest BCUT2D eigenvalue weighted by atomic mass is 19.1. The molecule has 0 atom stereocenters. The molecule has 1 aromatic heterocycles. The van der Waals surface area contributed by atoms with Gasteiger partial charge in [-0.15, -0.1) is 0 Å². The second-order valence-corrected chi connectivity index (χ2v) is 5.18. The number of para-hydroxylation sites is 2. The lowest BCUT2D eigenvalue weighted by molar-refractivity contribution is 0.102. The first-order valence-corrected chi connectivity index (χ1v) is 7.62. The lowest BCUT2D eigenvalue weighted by atomic mass is 10.2. The molecule has 1 N–H and O–H groups in total. The Morgan fingerprint density at radius 1 is 1.16 bits per heavy atom. The van der Waals surface area contributed by atoms with Crippen molar-refractivity contribution in [3.63, 3.8) is 0 Å². The van der Waals surface area contributed by atoms with Gasteiger partial charge in [0, 0.05) is 13.2 Å². The molecule has 0 aliphatic carbocycles. The molecule has 0 aliphatic heterocycles. The number of benzene rings is 2. The number of fused-ring (bicyclic) bond motifs is 1. The van der Waals surface area contributed by atoms with Gasteiger partial charge in [0.15, 0.2) is 0 Å². The molecule has 1 heterocycles. The minimum Gasteiger partial charge on any atom is -0.489 e. The van der Waals surface area contributed by atoms with E-state index in [0.29, 0.717) is 23.4 Å². The van der Waals surface area contributed by atoms with Crippen LogP contribution in [-0.4, -0.2) is 36.2 Å². The minimum atomic E-state index is -0.500. The third kappa shape index (κ3) is 4.07. The van der Waals surface area contributed by atoms with E-state index in [-0.39, 0.29) is 18.0 Å². The van der Waals surface area contributed by atoms with Gasteiger partial charge in [-0.05, 0) is 24.3 Å². The van der Waals surface area contributed by atoms with E-state index in [1.54, 1.807) is 19.2 Å². The summed E-state index contributed by atoms with van der Waals surface area (Å²) in [7, 11) is 1.55. The van der Waals surface area contributed by atoms with Crippen molar-refractivity contribution >= 4 is 22.6 Å². The Morgan fingerprint density at radius 2 is 1.96 bits per heavy atom. The van der Waals surface area contributed by atoms with E-state index < -0.39 is 11.7 Å². The summed E-state index contributed by atoms with van der Waals surface area (Å²) in [5.74, 6) is -0.639.